The zero-order chi connectivity index (χ0) is 18.4. The Balaban J connectivity index is 0.00000109. The molecule has 2 aromatic heterocycles. The van der Waals surface area contributed by atoms with Crippen molar-refractivity contribution in [1.29, 1.82) is 0 Å². The molecule has 2 aromatic rings. The van der Waals surface area contributed by atoms with Crippen LogP contribution in [0.2, 0.25) is 0 Å². The molecule has 8 heteroatoms. The van der Waals surface area contributed by atoms with Crippen LogP contribution in [0.25, 0.3) is 16.3 Å². The Kier molecular flexibility index (Phi) is 7.07. The summed E-state index contributed by atoms with van der Waals surface area (Å²) in [4.78, 5) is 1.82. The van der Waals surface area contributed by atoms with E-state index in [0.29, 0.717) is 12.9 Å². The maximum atomic E-state index is 12.8. The van der Waals surface area contributed by atoms with Crippen LogP contribution in [-0.2, 0) is 11.8 Å². The minimum Gasteiger partial charge on any atom is -0.382 e. The molecule has 1 N–H and O–H groups in total. The molecule has 0 spiro atoms. The third-order valence-corrected chi connectivity index (χ3v) is 5.03. The Morgan fingerprint density at radius 3 is 2.84 bits per heavy atom. The van der Waals surface area contributed by atoms with Gasteiger partial charge >= 0.3 is 0 Å². The zero-order valence-corrected chi connectivity index (χ0v) is 15.1. The van der Waals surface area contributed by atoms with E-state index >= 15 is 0 Å². The summed E-state index contributed by atoms with van der Waals surface area (Å²) in [6, 6.07) is 5.25. The van der Waals surface area contributed by atoms with Gasteiger partial charge in [-0.1, -0.05) is 6.58 Å². The lowest BCUT2D eigenvalue weighted by molar-refractivity contribution is 0.113. The number of thiophene rings is 1. The summed E-state index contributed by atoms with van der Waals surface area (Å²) in [7, 11) is 2.03. The highest BCUT2D eigenvalue weighted by molar-refractivity contribution is 7.16. The molecular formula is C17H22F3N3OS. The number of halogens is 3. The van der Waals surface area contributed by atoms with E-state index in [9.17, 15) is 13.2 Å². The van der Waals surface area contributed by atoms with Gasteiger partial charge in [-0.3, -0.25) is 9.07 Å². The van der Waals surface area contributed by atoms with E-state index in [4.69, 9.17) is 4.74 Å². The van der Waals surface area contributed by atoms with Gasteiger partial charge in [0, 0.05) is 25.9 Å². The number of aromatic nitrogens is 2. The summed E-state index contributed by atoms with van der Waals surface area (Å²) in [5, 5.41) is 7.45. The Morgan fingerprint density at radius 2 is 2.24 bits per heavy atom. The molecule has 1 unspecified atom stereocenters. The first-order chi connectivity index (χ1) is 12.0. The third-order valence-electron chi connectivity index (χ3n) is 3.86. The van der Waals surface area contributed by atoms with E-state index in [1.807, 2.05) is 12.1 Å². The molecule has 0 bridgehead atoms. The van der Waals surface area contributed by atoms with E-state index in [1.54, 1.807) is 0 Å². The molecule has 1 aliphatic rings. The smallest absolute Gasteiger partial charge is 0.280 e. The summed E-state index contributed by atoms with van der Waals surface area (Å²) in [6.45, 7) is 5.61. The molecule has 1 aliphatic heterocycles. The first-order valence-electron chi connectivity index (χ1n) is 7.89. The van der Waals surface area contributed by atoms with Crippen molar-refractivity contribution in [1.82, 2.24) is 15.1 Å². The molecule has 1 fully saturated rings. The van der Waals surface area contributed by atoms with Crippen LogP contribution < -0.4 is 5.32 Å². The van der Waals surface area contributed by atoms with E-state index in [0.717, 1.165) is 41.4 Å². The SMILES string of the molecule is C=C(NCC1CCCO1)c1ccc(-c2cc(C(F)F)n(C)n2)s1.CF. The second-order valence-electron chi connectivity index (χ2n) is 5.54. The molecule has 138 valence electrons. The minimum absolute atomic E-state index is 0.0784. The predicted octanol–water partition coefficient (Wildman–Crippen LogP) is 4.41. The molecule has 0 saturated carbocycles. The maximum Gasteiger partial charge on any atom is 0.280 e. The lowest BCUT2D eigenvalue weighted by Gasteiger charge is -2.12. The number of nitrogens with zero attached hydrogens (tertiary/aromatic N) is 2. The Bertz CT molecular complexity index is 693. The number of rotatable bonds is 6. The number of ether oxygens (including phenoxy) is 1. The second kappa shape index (κ2) is 9.05. The van der Waals surface area contributed by atoms with Crippen molar-refractivity contribution in [3.05, 3.63) is 35.3 Å². The Labute approximate surface area is 149 Å². The van der Waals surface area contributed by atoms with Gasteiger partial charge in [-0.15, -0.1) is 11.3 Å². The number of nitrogens with one attached hydrogen (secondary N) is 1. The van der Waals surface area contributed by atoms with Gasteiger partial charge in [0.25, 0.3) is 6.43 Å². The van der Waals surface area contributed by atoms with Crippen molar-refractivity contribution in [2.45, 2.75) is 25.4 Å². The molecule has 1 saturated heterocycles. The van der Waals surface area contributed by atoms with Crippen LogP contribution in [0, 0.1) is 0 Å². The molecule has 0 amide bonds. The van der Waals surface area contributed by atoms with Crippen LogP contribution in [0.4, 0.5) is 13.2 Å². The van der Waals surface area contributed by atoms with Gasteiger partial charge in [0.05, 0.1) is 23.0 Å². The van der Waals surface area contributed by atoms with Gasteiger partial charge < -0.3 is 10.1 Å². The quantitative estimate of drug-likeness (QED) is 0.815. The Hall–Kier alpha value is -1.80. The third kappa shape index (κ3) is 4.85. The van der Waals surface area contributed by atoms with Gasteiger partial charge in [0.2, 0.25) is 0 Å². The molecule has 1 atom stereocenters. The standard InChI is InChI=1S/C16H19F2N3OS.CH3F/c1-10(19-9-11-4-3-7-22-11)14-5-6-15(23-14)12-8-13(16(17)18)21(2)20-12;1-2/h5-6,8,11,16,19H,1,3-4,7,9H2,2H3;1H3. The van der Waals surface area contributed by atoms with Crippen LogP contribution >= 0.6 is 11.3 Å². The zero-order valence-electron chi connectivity index (χ0n) is 14.3. The van der Waals surface area contributed by atoms with Crippen molar-refractivity contribution < 1.29 is 17.9 Å². The van der Waals surface area contributed by atoms with E-state index in [1.165, 1.54) is 29.1 Å². The van der Waals surface area contributed by atoms with Gasteiger partial charge in [-0.25, -0.2) is 8.78 Å². The van der Waals surface area contributed by atoms with Crippen LogP contribution in [0.3, 0.4) is 0 Å². The first-order valence-corrected chi connectivity index (χ1v) is 8.71. The lowest BCUT2D eigenvalue weighted by atomic mass is 10.2. The highest BCUT2D eigenvalue weighted by Crippen LogP contribution is 2.32. The molecule has 0 aliphatic carbocycles. The van der Waals surface area contributed by atoms with E-state index in [2.05, 4.69) is 17.0 Å². The normalized spacial score (nSPS) is 16.6. The van der Waals surface area contributed by atoms with Crippen molar-refractivity contribution >= 4 is 17.0 Å². The molecular weight excluding hydrogens is 351 g/mol. The van der Waals surface area contributed by atoms with Crippen LogP contribution in [0.1, 0.15) is 29.8 Å². The van der Waals surface area contributed by atoms with E-state index in [-0.39, 0.29) is 11.8 Å². The fourth-order valence-electron chi connectivity index (χ4n) is 2.57. The van der Waals surface area contributed by atoms with Crippen molar-refractivity contribution in [3.8, 4) is 10.6 Å². The lowest BCUT2D eigenvalue weighted by Crippen LogP contribution is -2.24. The summed E-state index contributed by atoms with van der Waals surface area (Å²) in [6.07, 6.45) is -0.103. The first kappa shape index (κ1) is 19.5. The summed E-state index contributed by atoms with van der Waals surface area (Å²) in [5.74, 6) is 0. The fourth-order valence-corrected chi connectivity index (χ4v) is 3.48. The van der Waals surface area contributed by atoms with Crippen LogP contribution in [0.5, 0.6) is 0 Å². The minimum atomic E-state index is -2.52. The van der Waals surface area contributed by atoms with Crippen LogP contribution in [-0.4, -0.2) is 36.2 Å². The molecule has 25 heavy (non-hydrogen) atoms. The Morgan fingerprint density at radius 1 is 1.48 bits per heavy atom. The average Bonchev–Trinajstić information content (AvgIpc) is 3.34. The van der Waals surface area contributed by atoms with Crippen molar-refractivity contribution in [3.63, 3.8) is 0 Å². The molecule has 3 rings (SSSR count). The molecule has 0 aromatic carbocycles. The van der Waals surface area contributed by atoms with Gasteiger partial charge in [-0.2, -0.15) is 5.10 Å². The topological polar surface area (TPSA) is 39.1 Å². The number of alkyl halides is 3. The number of hydrogen-bond donors (Lipinski definition) is 1. The van der Waals surface area contributed by atoms with Gasteiger partial charge in [-0.05, 0) is 31.0 Å². The number of hydrogen-bond acceptors (Lipinski definition) is 4. The van der Waals surface area contributed by atoms with Gasteiger partial charge in [0.1, 0.15) is 11.4 Å². The average molecular weight is 373 g/mol. The highest BCUT2D eigenvalue weighted by Gasteiger charge is 2.18. The summed E-state index contributed by atoms with van der Waals surface area (Å²) < 4.78 is 42.0. The molecule has 4 nitrogen and oxygen atoms in total. The fraction of sp³-hybridized carbons (Fsp3) is 0.471. The van der Waals surface area contributed by atoms with Crippen molar-refractivity contribution in [2.75, 3.05) is 20.3 Å². The second-order valence-corrected chi connectivity index (χ2v) is 6.62. The van der Waals surface area contributed by atoms with Gasteiger partial charge in [0.15, 0.2) is 0 Å². The largest absolute Gasteiger partial charge is 0.382 e. The van der Waals surface area contributed by atoms with Crippen molar-refractivity contribution in [2.24, 2.45) is 7.05 Å². The monoisotopic (exact) mass is 373 g/mol. The predicted molar refractivity (Wildman–Crippen MR) is 94.5 cm³/mol. The summed E-state index contributed by atoms with van der Waals surface area (Å²) in [5.41, 5.74) is 1.30. The van der Waals surface area contributed by atoms with E-state index < -0.39 is 6.43 Å². The summed E-state index contributed by atoms with van der Waals surface area (Å²) >= 11 is 1.49. The molecule has 3 heterocycles. The maximum absolute atomic E-state index is 12.8. The van der Waals surface area contributed by atoms with Crippen LogP contribution in [0.15, 0.2) is 24.8 Å². The molecule has 0 radical (unpaired) electrons. The highest BCUT2D eigenvalue weighted by atomic mass is 32.1. The number of aryl methyl sites for hydroxylation is 1.